The number of alkyl carbamates (subject to hydrolysis) is 1. The number of nitrogens with zero attached hydrogens (tertiary/aromatic N) is 2. The number of aromatic nitrogens is 1. The molecule has 0 bridgehead atoms. The SMILES string of the molecule is CC[C@](C)(NC(=O)[C@H](CCCCOC(=O)c1ccccc1)NC(=O)OC(C)(C)C)C(=O)N[C@@H](Cc1ccncc1)C(=O)N1CCC[C@@H]1C(=O)OCc1ccccc1. The van der Waals surface area contributed by atoms with Gasteiger partial charge in [-0.05, 0) is 102 Å². The molecule has 306 valence electrons. The molecule has 2 aromatic carbocycles. The van der Waals surface area contributed by atoms with Crippen molar-refractivity contribution in [3.63, 3.8) is 0 Å². The monoisotopic (exact) mass is 785 g/mol. The van der Waals surface area contributed by atoms with Gasteiger partial charge < -0.3 is 35.1 Å². The molecule has 57 heavy (non-hydrogen) atoms. The fourth-order valence-electron chi connectivity index (χ4n) is 6.23. The highest BCUT2D eigenvalue weighted by Crippen LogP contribution is 2.22. The minimum absolute atomic E-state index is 0.0649. The van der Waals surface area contributed by atoms with E-state index in [1.54, 1.807) is 89.5 Å². The molecule has 0 radical (unpaired) electrons. The number of rotatable bonds is 18. The van der Waals surface area contributed by atoms with Crippen LogP contribution in [0.3, 0.4) is 0 Å². The van der Waals surface area contributed by atoms with E-state index < -0.39 is 65.0 Å². The average molecular weight is 786 g/mol. The molecule has 4 rings (SSSR count). The van der Waals surface area contributed by atoms with Gasteiger partial charge in [0.2, 0.25) is 17.7 Å². The van der Waals surface area contributed by atoms with Gasteiger partial charge in [-0.3, -0.25) is 19.4 Å². The number of unbranched alkanes of at least 4 members (excludes halogenated alkanes) is 1. The van der Waals surface area contributed by atoms with Gasteiger partial charge in [0.15, 0.2) is 0 Å². The molecule has 1 saturated heterocycles. The summed E-state index contributed by atoms with van der Waals surface area (Å²) < 4.78 is 16.4. The highest BCUT2D eigenvalue weighted by Gasteiger charge is 2.42. The van der Waals surface area contributed by atoms with Gasteiger partial charge in [0.05, 0.1) is 12.2 Å². The van der Waals surface area contributed by atoms with Crippen molar-refractivity contribution in [2.45, 2.75) is 115 Å². The summed E-state index contributed by atoms with van der Waals surface area (Å²) in [6, 6.07) is 18.3. The maximum Gasteiger partial charge on any atom is 0.408 e. The molecule has 4 atom stereocenters. The Morgan fingerprint density at radius 2 is 1.49 bits per heavy atom. The van der Waals surface area contributed by atoms with E-state index in [4.69, 9.17) is 14.2 Å². The van der Waals surface area contributed by atoms with Crippen molar-refractivity contribution in [1.29, 1.82) is 0 Å². The average Bonchev–Trinajstić information content (AvgIpc) is 3.69. The Morgan fingerprint density at radius 1 is 0.825 bits per heavy atom. The van der Waals surface area contributed by atoms with Crippen LogP contribution in [0.5, 0.6) is 0 Å². The number of carbonyl (C=O) groups excluding carboxylic acids is 6. The summed E-state index contributed by atoms with van der Waals surface area (Å²) in [5.41, 5.74) is -0.392. The summed E-state index contributed by atoms with van der Waals surface area (Å²) >= 11 is 0. The number of carbonyl (C=O) groups is 6. The molecule has 1 aliphatic rings. The quantitative estimate of drug-likeness (QED) is 0.0897. The van der Waals surface area contributed by atoms with Crippen molar-refractivity contribution < 1.29 is 43.0 Å². The molecule has 0 spiro atoms. The Bertz CT molecular complexity index is 1800. The van der Waals surface area contributed by atoms with Crippen molar-refractivity contribution >= 4 is 35.8 Å². The molecule has 3 N–H and O–H groups in total. The van der Waals surface area contributed by atoms with Gasteiger partial charge in [-0.1, -0.05) is 55.5 Å². The highest BCUT2D eigenvalue weighted by molar-refractivity contribution is 5.97. The summed E-state index contributed by atoms with van der Waals surface area (Å²) in [6.45, 7) is 8.82. The Hall–Kier alpha value is -5.79. The number of amides is 4. The summed E-state index contributed by atoms with van der Waals surface area (Å²) in [5, 5.41) is 8.31. The van der Waals surface area contributed by atoms with Crippen LogP contribution in [0.4, 0.5) is 4.79 Å². The molecule has 0 saturated carbocycles. The lowest BCUT2D eigenvalue weighted by Crippen LogP contribution is -2.63. The lowest BCUT2D eigenvalue weighted by atomic mass is 9.95. The van der Waals surface area contributed by atoms with Crippen LogP contribution in [0.1, 0.15) is 94.6 Å². The van der Waals surface area contributed by atoms with E-state index in [-0.39, 0.29) is 32.5 Å². The first kappa shape index (κ1) is 43.9. The highest BCUT2D eigenvalue weighted by atomic mass is 16.6. The molecule has 0 aliphatic carbocycles. The summed E-state index contributed by atoms with van der Waals surface area (Å²) in [4.78, 5) is 86.3. The van der Waals surface area contributed by atoms with Crippen LogP contribution in [0.2, 0.25) is 0 Å². The Balaban J connectivity index is 1.45. The van der Waals surface area contributed by atoms with E-state index in [0.717, 1.165) is 11.1 Å². The summed E-state index contributed by atoms with van der Waals surface area (Å²) in [5.74, 6) is -2.72. The number of pyridine rings is 1. The predicted molar refractivity (Wildman–Crippen MR) is 211 cm³/mol. The van der Waals surface area contributed by atoms with Gasteiger partial charge >= 0.3 is 18.0 Å². The zero-order valence-corrected chi connectivity index (χ0v) is 33.5. The van der Waals surface area contributed by atoms with E-state index in [1.807, 2.05) is 30.3 Å². The number of benzene rings is 2. The van der Waals surface area contributed by atoms with Gasteiger partial charge in [0.25, 0.3) is 0 Å². The molecule has 0 unspecified atom stereocenters. The van der Waals surface area contributed by atoms with E-state index >= 15 is 0 Å². The zero-order chi connectivity index (χ0) is 41.4. The number of likely N-dealkylation sites (tertiary alicyclic amines) is 1. The second kappa shape index (κ2) is 20.9. The van der Waals surface area contributed by atoms with Crippen molar-refractivity contribution in [1.82, 2.24) is 25.8 Å². The largest absolute Gasteiger partial charge is 0.462 e. The maximum absolute atomic E-state index is 14.3. The second-order valence-corrected chi connectivity index (χ2v) is 15.2. The standard InChI is InChI=1S/C43H55N5O9/c1-6-43(5,47-36(49)33(46-41(54)57-42(2,3)4)20-13-14-27-55-38(51)32-18-11-8-12-19-32)40(53)45-34(28-30-22-24-44-25-23-30)37(50)48-26-15-21-35(48)39(52)56-29-31-16-9-7-10-17-31/h7-12,16-19,22-25,33-35H,6,13-15,20-21,26-29H2,1-5H3,(H,45,53)(H,46,54)(H,47,49)/t33-,34-,35+,43-/m0/s1. The van der Waals surface area contributed by atoms with Gasteiger partial charge in [-0.2, -0.15) is 0 Å². The van der Waals surface area contributed by atoms with Crippen LogP contribution < -0.4 is 16.0 Å². The number of esters is 2. The molecule has 1 aromatic heterocycles. The third kappa shape index (κ3) is 13.7. The van der Waals surface area contributed by atoms with E-state index in [9.17, 15) is 28.8 Å². The first-order valence-electron chi connectivity index (χ1n) is 19.4. The topological polar surface area (TPSA) is 182 Å². The van der Waals surface area contributed by atoms with Gasteiger partial charge in [0.1, 0.15) is 35.9 Å². The Kier molecular flexibility index (Phi) is 16.1. The van der Waals surface area contributed by atoms with Gasteiger partial charge in [0, 0.05) is 25.4 Å². The first-order chi connectivity index (χ1) is 27.2. The first-order valence-corrected chi connectivity index (χ1v) is 19.4. The van der Waals surface area contributed by atoms with Crippen LogP contribution in [-0.4, -0.2) is 88.1 Å². The van der Waals surface area contributed by atoms with Crippen molar-refractivity contribution in [2.24, 2.45) is 0 Å². The van der Waals surface area contributed by atoms with E-state index in [2.05, 4.69) is 20.9 Å². The molecular weight excluding hydrogens is 730 g/mol. The summed E-state index contributed by atoms with van der Waals surface area (Å²) in [6.07, 6.45) is 4.52. The van der Waals surface area contributed by atoms with Crippen LogP contribution in [0.15, 0.2) is 85.2 Å². The number of ether oxygens (including phenoxy) is 3. The maximum atomic E-state index is 14.3. The van der Waals surface area contributed by atoms with Crippen LogP contribution in [-0.2, 0) is 46.4 Å². The number of hydrogen-bond donors (Lipinski definition) is 3. The molecule has 14 heteroatoms. The van der Waals surface area contributed by atoms with E-state index in [0.29, 0.717) is 37.8 Å². The van der Waals surface area contributed by atoms with Crippen molar-refractivity contribution in [2.75, 3.05) is 13.2 Å². The Morgan fingerprint density at radius 3 is 2.14 bits per heavy atom. The van der Waals surface area contributed by atoms with Crippen molar-refractivity contribution in [3.05, 3.63) is 102 Å². The molecular formula is C43H55N5O9. The lowest BCUT2D eigenvalue weighted by molar-refractivity contribution is -0.155. The third-order valence-corrected chi connectivity index (χ3v) is 9.57. The predicted octanol–water partition coefficient (Wildman–Crippen LogP) is 5.05. The zero-order valence-electron chi connectivity index (χ0n) is 33.5. The molecule has 14 nitrogen and oxygen atoms in total. The minimum atomic E-state index is -1.52. The van der Waals surface area contributed by atoms with Crippen molar-refractivity contribution in [3.8, 4) is 0 Å². The minimum Gasteiger partial charge on any atom is -0.462 e. The summed E-state index contributed by atoms with van der Waals surface area (Å²) in [7, 11) is 0. The normalized spacial score (nSPS) is 15.9. The molecule has 4 amide bonds. The van der Waals surface area contributed by atoms with Crippen LogP contribution in [0.25, 0.3) is 0 Å². The second-order valence-electron chi connectivity index (χ2n) is 15.2. The van der Waals surface area contributed by atoms with Crippen LogP contribution in [0, 0.1) is 0 Å². The van der Waals surface area contributed by atoms with E-state index in [1.165, 1.54) is 4.90 Å². The number of nitrogens with one attached hydrogen (secondary N) is 3. The molecule has 3 aromatic rings. The third-order valence-electron chi connectivity index (χ3n) is 9.57. The molecule has 1 fully saturated rings. The number of hydrogen-bond acceptors (Lipinski definition) is 10. The molecule has 1 aliphatic heterocycles. The fourth-order valence-corrected chi connectivity index (χ4v) is 6.23. The lowest BCUT2D eigenvalue weighted by Gasteiger charge is -2.34. The molecule has 2 heterocycles. The smallest absolute Gasteiger partial charge is 0.408 e. The van der Waals surface area contributed by atoms with Gasteiger partial charge in [-0.15, -0.1) is 0 Å². The van der Waals surface area contributed by atoms with Crippen LogP contribution >= 0.6 is 0 Å². The fraction of sp³-hybridized carbons (Fsp3) is 0.465. The van der Waals surface area contributed by atoms with Gasteiger partial charge in [-0.25, -0.2) is 14.4 Å². The Labute approximate surface area is 334 Å².